The number of aryl methyl sites for hydroxylation is 2. The maximum absolute atomic E-state index is 14.0. The first-order chi connectivity index (χ1) is 6.09. The van der Waals surface area contributed by atoms with Gasteiger partial charge in [-0.2, -0.15) is 0 Å². The molecule has 0 spiro atoms. The van der Waals surface area contributed by atoms with Crippen LogP contribution in [0.1, 0.15) is 36.5 Å². The fraction of sp³-hybridized carbons (Fsp3) is 0.500. The molecule has 0 saturated carbocycles. The molecule has 13 heavy (non-hydrogen) atoms. The summed E-state index contributed by atoms with van der Waals surface area (Å²) in [6, 6.07) is 6.14. The van der Waals surface area contributed by atoms with Gasteiger partial charge in [0.1, 0.15) is 5.67 Å². The zero-order chi connectivity index (χ0) is 9.47. The molecule has 1 aromatic rings. The van der Waals surface area contributed by atoms with Crippen LogP contribution >= 0.6 is 0 Å². The summed E-state index contributed by atoms with van der Waals surface area (Å²) in [6.45, 7) is 3.72. The predicted octanol–water partition coefficient (Wildman–Crippen LogP) is 3.52. The van der Waals surface area contributed by atoms with E-state index in [0.29, 0.717) is 6.42 Å². The molecule has 0 radical (unpaired) electrons. The number of rotatable bonds is 0. The number of alkyl halides is 1. The van der Waals surface area contributed by atoms with E-state index in [4.69, 9.17) is 0 Å². The van der Waals surface area contributed by atoms with Crippen LogP contribution in [0.5, 0.6) is 0 Å². The molecule has 1 aliphatic rings. The topological polar surface area (TPSA) is 0 Å². The average Bonchev–Trinajstić information content (AvgIpc) is 2.06. The van der Waals surface area contributed by atoms with Gasteiger partial charge in [0.2, 0.25) is 0 Å². The first kappa shape index (κ1) is 8.74. The molecule has 1 aliphatic carbocycles. The van der Waals surface area contributed by atoms with Crippen molar-refractivity contribution in [2.75, 3.05) is 0 Å². The molecular weight excluding hydrogens is 163 g/mol. The minimum Gasteiger partial charge on any atom is -0.239 e. The Morgan fingerprint density at radius 1 is 1.38 bits per heavy atom. The highest BCUT2D eigenvalue weighted by atomic mass is 19.1. The Hall–Kier alpha value is -0.850. The fourth-order valence-corrected chi connectivity index (χ4v) is 2.14. The number of fused-ring (bicyclic) bond motifs is 1. The normalized spacial score (nSPS) is 27.0. The quantitative estimate of drug-likeness (QED) is 0.570. The second-order valence-corrected chi connectivity index (χ2v) is 4.21. The number of hydrogen-bond donors (Lipinski definition) is 0. The molecule has 0 aliphatic heterocycles. The maximum atomic E-state index is 14.0. The largest absolute Gasteiger partial charge is 0.239 e. The smallest absolute Gasteiger partial charge is 0.133 e. The van der Waals surface area contributed by atoms with Gasteiger partial charge in [0.15, 0.2) is 0 Å². The number of halogens is 1. The zero-order valence-electron chi connectivity index (χ0n) is 8.23. The second-order valence-electron chi connectivity index (χ2n) is 4.21. The molecule has 0 nitrogen and oxygen atoms in total. The Morgan fingerprint density at radius 3 is 2.92 bits per heavy atom. The standard InChI is InChI=1S/C12H15F/c1-9-5-6-10-4-3-7-12(2,13)11(10)8-9/h5-6,8H,3-4,7H2,1-2H3. The zero-order valence-corrected chi connectivity index (χ0v) is 8.23. The van der Waals surface area contributed by atoms with Gasteiger partial charge >= 0.3 is 0 Å². The molecule has 0 aromatic heterocycles. The molecule has 1 aromatic carbocycles. The van der Waals surface area contributed by atoms with E-state index in [1.54, 1.807) is 6.92 Å². The van der Waals surface area contributed by atoms with Crippen LogP contribution in [0.2, 0.25) is 0 Å². The van der Waals surface area contributed by atoms with Crippen molar-refractivity contribution >= 4 is 0 Å². The third kappa shape index (κ3) is 1.48. The first-order valence-corrected chi connectivity index (χ1v) is 4.88. The van der Waals surface area contributed by atoms with Gasteiger partial charge in [-0.3, -0.25) is 0 Å². The van der Waals surface area contributed by atoms with Crippen molar-refractivity contribution in [3.63, 3.8) is 0 Å². The number of hydrogen-bond acceptors (Lipinski definition) is 0. The van der Waals surface area contributed by atoms with Gasteiger partial charge in [0.25, 0.3) is 0 Å². The SMILES string of the molecule is Cc1ccc2c(c1)C(C)(F)CCC2. The van der Waals surface area contributed by atoms with Crippen molar-refractivity contribution in [1.82, 2.24) is 0 Å². The summed E-state index contributed by atoms with van der Waals surface area (Å²) in [7, 11) is 0. The Bertz CT molecular complexity index is 326. The van der Waals surface area contributed by atoms with E-state index in [1.807, 2.05) is 13.0 Å². The average molecular weight is 178 g/mol. The van der Waals surface area contributed by atoms with Crippen molar-refractivity contribution in [2.45, 2.75) is 38.8 Å². The molecule has 70 valence electrons. The molecule has 2 rings (SSSR count). The predicted molar refractivity (Wildman–Crippen MR) is 52.6 cm³/mol. The highest BCUT2D eigenvalue weighted by Gasteiger charge is 2.31. The number of benzene rings is 1. The van der Waals surface area contributed by atoms with Gasteiger partial charge in [0, 0.05) is 0 Å². The van der Waals surface area contributed by atoms with E-state index in [9.17, 15) is 4.39 Å². The minimum absolute atomic E-state index is 0.670. The van der Waals surface area contributed by atoms with Crippen LogP contribution in [-0.2, 0) is 12.1 Å². The van der Waals surface area contributed by atoms with Gasteiger partial charge in [0.05, 0.1) is 0 Å². The van der Waals surface area contributed by atoms with Crippen LogP contribution < -0.4 is 0 Å². The summed E-state index contributed by atoms with van der Waals surface area (Å²) in [6.07, 6.45) is 2.68. The van der Waals surface area contributed by atoms with Crippen LogP contribution in [0.25, 0.3) is 0 Å². The third-order valence-corrected chi connectivity index (χ3v) is 2.92. The molecule has 0 saturated heterocycles. The molecule has 1 unspecified atom stereocenters. The summed E-state index contributed by atoms with van der Waals surface area (Å²) in [5.74, 6) is 0. The molecule has 0 amide bonds. The third-order valence-electron chi connectivity index (χ3n) is 2.92. The molecule has 1 heteroatoms. The van der Waals surface area contributed by atoms with E-state index < -0.39 is 5.67 Å². The van der Waals surface area contributed by atoms with Crippen molar-refractivity contribution in [3.05, 3.63) is 34.9 Å². The Kier molecular flexibility index (Phi) is 1.90. The molecule has 1 atom stereocenters. The highest BCUT2D eigenvalue weighted by molar-refractivity contribution is 5.37. The Morgan fingerprint density at radius 2 is 2.15 bits per heavy atom. The maximum Gasteiger partial charge on any atom is 0.133 e. The van der Waals surface area contributed by atoms with Crippen molar-refractivity contribution in [3.8, 4) is 0 Å². The van der Waals surface area contributed by atoms with Crippen molar-refractivity contribution in [2.24, 2.45) is 0 Å². The van der Waals surface area contributed by atoms with Crippen LogP contribution in [0.4, 0.5) is 4.39 Å². The van der Waals surface area contributed by atoms with Crippen molar-refractivity contribution < 1.29 is 4.39 Å². The van der Waals surface area contributed by atoms with E-state index in [1.165, 1.54) is 5.56 Å². The van der Waals surface area contributed by atoms with E-state index >= 15 is 0 Å². The summed E-state index contributed by atoms with van der Waals surface area (Å²) in [4.78, 5) is 0. The molecule has 0 bridgehead atoms. The lowest BCUT2D eigenvalue weighted by atomic mass is 9.81. The van der Waals surface area contributed by atoms with Crippen LogP contribution in [-0.4, -0.2) is 0 Å². The second kappa shape index (κ2) is 2.83. The Balaban J connectivity index is 2.55. The van der Waals surface area contributed by atoms with Crippen LogP contribution in [0.3, 0.4) is 0 Å². The minimum atomic E-state index is -1.10. The molecule has 0 fully saturated rings. The molecule has 0 N–H and O–H groups in total. The molecule has 0 heterocycles. The van der Waals surface area contributed by atoms with Gasteiger partial charge in [-0.05, 0) is 44.2 Å². The lowest BCUT2D eigenvalue weighted by Gasteiger charge is -2.28. The van der Waals surface area contributed by atoms with Crippen molar-refractivity contribution in [1.29, 1.82) is 0 Å². The van der Waals surface area contributed by atoms with Gasteiger partial charge in [-0.15, -0.1) is 0 Å². The van der Waals surface area contributed by atoms with E-state index in [-0.39, 0.29) is 0 Å². The lowest BCUT2D eigenvalue weighted by molar-refractivity contribution is 0.162. The monoisotopic (exact) mass is 178 g/mol. The fourth-order valence-electron chi connectivity index (χ4n) is 2.14. The van der Waals surface area contributed by atoms with Crippen LogP contribution in [0.15, 0.2) is 18.2 Å². The van der Waals surface area contributed by atoms with Gasteiger partial charge in [-0.1, -0.05) is 23.8 Å². The van der Waals surface area contributed by atoms with E-state index in [0.717, 1.165) is 24.0 Å². The van der Waals surface area contributed by atoms with Gasteiger partial charge < -0.3 is 0 Å². The summed E-state index contributed by atoms with van der Waals surface area (Å²) >= 11 is 0. The summed E-state index contributed by atoms with van der Waals surface area (Å²) in [5, 5.41) is 0. The summed E-state index contributed by atoms with van der Waals surface area (Å²) < 4.78 is 14.0. The van der Waals surface area contributed by atoms with Gasteiger partial charge in [-0.25, -0.2) is 4.39 Å². The first-order valence-electron chi connectivity index (χ1n) is 4.88. The van der Waals surface area contributed by atoms with E-state index in [2.05, 4.69) is 12.1 Å². The summed E-state index contributed by atoms with van der Waals surface area (Å²) in [5.41, 5.74) is 2.17. The highest BCUT2D eigenvalue weighted by Crippen LogP contribution is 2.38. The molecular formula is C12H15F. The van der Waals surface area contributed by atoms with Crippen LogP contribution in [0, 0.1) is 6.92 Å². The Labute approximate surface area is 78.8 Å². The lowest BCUT2D eigenvalue weighted by Crippen LogP contribution is -2.22.